The Morgan fingerprint density at radius 2 is 0.564 bits per heavy atom. The molecule has 0 radical (unpaired) electrons. The highest BCUT2D eigenvalue weighted by atomic mass is 32.2. The first-order valence-corrected chi connectivity index (χ1v) is 41.9. The smallest absolute Gasteiger partial charge is 0.253 e. The number of rotatable bonds is 9. The van der Waals surface area contributed by atoms with E-state index in [1.807, 2.05) is 11.8 Å². The van der Waals surface area contributed by atoms with Crippen molar-refractivity contribution in [2.75, 3.05) is 14.7 Å². The van der Waals surface area contributed by atoms with Crippen molar-refractivity contribution in [1.29, 1.82) is 0 Å². The summed E-state index contributed by atoms with van der Waals surface area (Å²) < 4.78 is 7.79. The van der Waals surface area contributed by atoms with Gasteiger partial charge in [-0.15, -0.1) is 0 Å². The van der Waals surface area contributed by atoms with Gasteiger partial charge in [0.15, 0.2) is 24.2 Å². The number of aryl methyl sites for hydroxylation is 2. The fourth-order valence-electron chi connectivity index (χ4n) is 18.3. The van der Waals surface area contributed by atoms with Gasteiger partial charge in [-0.1, -0.05) is 320 Å². The van der Waals surface area contributed by atoms with Crippen molar-refractivity contribution in [2.24, 2.45) is 0 Å². The molecule has 0 saturated carbocycles. The van der Waals surface area contributed by atoms with Crippen LogP contribution < -0.4 is 98.1 Å². The lowest BCUT2D eigenvalue weighted by atomic mass is 9.35. The van der Waals surface area contributed by atoms with Gasteiger partial charge in [0.1, 0.15) is 11.5 Å². The molecule has 5 aliphatic rings. The Bertz CT molecular complexity index is 5280. The van der Waals surface area contributed by atoms with E-state index in [0.29, 0.717) is 0 Å². The Labute approximate surface area is 597 Å². The Kier molecular flexibility index (Phi) is 13.8. The number of hydrogen-bond donors (Lipinski definition) is 0. The molecule has 0 aromatic heterocycles. The molecule has 0 fully saturated rings. The minimum Gasteiger partial charge on any atom is -0.458 e. The molecular formula is C92H66BN3OSSi3. The summed E-state index contributed by atoms with van der Waals surface area (Å²) in [5.74, 6) is 1.73. The third kappa shape index (κ3) is 8.68. The second-order valence-corrected chi connectivity index (χ2v) is 39.8. The highest BCUT2D eigenvalue weighted by Crippen LogP contribution is 2.48. The van der Waals surface area contributed by atoms with Crippen molar-refractivity contribution in [3.05, 3.63) is 375 Å². The Morgan fingerprint density at radius 1 is 0.257 bits per heavy atom. The van der Waals surface area contributed by atoms with Crippen LogP contribution in [0.5, 0.6) is 11.5 Å². The Hall–Kier alpha value is -11.4. The molecule has 0 amide bonds. The molecular weight excluding hydrogens is 1290 g/mol. The molecule has 0 aliphatic carbocycles. The predicted octanol–water partition coefficient (Wildman–Crippen LogP) is 12.9. The van der Waals surface area contributed by atoms with Gasteiger partial charge in [-0.2, -0.15) is 0 Å². The molecule has 0 unspecified atom stereocenters. The van der Waals surface area contributed by atoms with E-state index in [1.165, 1.54) is 128 Å². The molecule has 101 heavy (non-hydrogen) atoms. The average Bonchev–Trinajstić information content (AvgIpc) is 0.703. The molecule has 15 aromatic rings. The van der Waals surface area contributed by atoms with Crippen LogP contribution in [0.3, 0.4) is 0 Å². The van der Waals surface area contributed by atoms with Gasteiger partial charge in [-0.3, -0.25) is 0 Å². The van der Waals surface area contributed by atoms with E-state index in [4.69, 9.17) is 4.74 Å². The van der Waals surface area contributed by atoms with Gasteiger partial charge in [-0.05, 0) is 148 Å². The highest BCUT2D eigenvalue weighted by molar-refractivity contribution is 8.00. The van der Waals surface area contributed by atoms with E-state index in [-0.39, 0.29) is 6.71 Å². The number of hydrogen-bond acceptors (Lipinski definition) is 5. The Morgan fingerprint density at radius 3 is 0.960 bits per heavy atom. The first-order chi connectivity index (χ1) is 49.9. The van der Waals surface area contributed by atoms with Crippen molar-refractivity contribution < 1.29 is 4.74 Å². The van der Waals surface area contributed by atoms with Gasteiger partial charge in [0.2, 0.25) is 0 Å². The summed E-state index contributed by atoms with van der Waals surface area (Å²) in [6.07, 6.45) is 0. The van der Waals surface area contributed by atoms with Crippen molar-refractivity contribution in [2.45, 2.75) is 23.6 Å². The van der Waals surface area contributed by atoms with Crippen molar-refractivity contribution in [3.63, 3.8) is 0 Å². The lowest BCUT2D eigenvalue weighted by Crippen LogP contribution is -2.77. The van der Waals surface area contributed by atoms with Crippen LogP contribution in [-0.2, 0) is 0 Å². The third-order valence-electron chi connectivity index (χ3n) is 22.2. The summed E-state index contributed by atoms with van der Waals surface area (Å²) in [5.41, 5.74) is 16.5. The van der Waals surface area contributed by atoms with Crippen molar-refractivity contribution in [1.82, 2.24) is 0 Å². The van der Waals surface area contributed by atoms with Gasteiger partial charge in [0.05, 0.1) is 5.69 Å². The maximum absolute atomic E-state index is 7.79. The number of ether oxygens (including phenoxy) is 1. The van der Waals surface area contributed by atoms with Crippen LogP contribution in [0.2, 0.25) is 0 Å². The predicted molar refractivity (Wildman–Crippen MR) is 433 cm³/mol. The largest absolute Gasteiger partial charge is 0.458 e. The summed E-state index contributed by atoms with van der Waals surface area (Å²) in [7, 11) is -8.74. The van der Waals surface area contributed by atoms with Crippen molar-refractivity contribution in [3.8, 4) is 11.5 Å². The van der Waals surface area contributed by atoms with Crippen LogP contribution in [0, 0.1) is 13.8 Å². The molecule has 0 atom stereocenters. The molecule has 15 aromatic carbocycles. The standard InChI is InChI=1S/C92H66BN3OSSi3/c1-63-49-55-80-90(57-63)101(72-37-17-7-18-38-72,73-39-19-8-20-40-73)91-58-64(2)50-56-81(91)96(80)67-60-83-92-85(62-67)98-84-61-66(95-78-43-23-27-47-88(78)100(70-33-13-5-14-34-70,71-35-15-6-16-36-71)89-48-28-24-44-79(89)95)52-54-75(84)93(92)74-53-51-65(59-82(74)97-83)94-76-41-21-25-45-86(76)99(68-29-9-3-10-30-68,69-31-11-4-12-32-69)87-46-26-22-42-77(87)94/h3-62H,1-2H3. The lowest BCUT2D eigenvalue weighted by molar-refractivity contribution is 0.486. The zero-order valence-corrected chi connectivity index (χ0v) is 59.7. The second kappa shape index (κ2) is 23.3. The van der Waals surface area contributed by atoms with Gasteiger partial charge >= 0.3 is 0 Å². The Balaban J connectivity index is 0.804. The number of para-hydroxylation sites is 4. The fourth-order valence-corrected chi connectivity index (χ4v) is 35.0. The summed E-state index contributed by atoms with van der Waals surface area (Å²) >= 11 is 1.88. The van der Waals surface area contributed by atoms with Crippen LogP contribution in [-0.4, -0.2) is 30.9 Å². The zero-order valence-electron chi connectivity index (χ0n) is 55.9. The quantitative estimate of drug-likeness (QED) is 0.134. The molecule has 5 heterocycles. The topological polar surface area (TPSA) is 19.0 Å². The maximum Gasteiger partial charge on any atom is 0.253 e. The number of anilines is 9. The molecule has 9 heteroatoms. The first-order valence-electron chi connectivity index (χ1n) is 35.1. The monoisotopic (exact) mass is 1360 g/mol. The summed E-state index contributed by atoms with van der Waals surface area (Å²) in [5, 5.41) is 16.4. The van der Waals surface area contributed by atoms with Crippen LogP contribution >= 0.6 is 11.8 Å². The third-order valence-corrected chi connectivity index (χ3v) is 37.9. The number of nitrogens with zero attached hydrogens (tertiary/aromatic N) is 3. The molecule has 0 spiro atoms. The van der Waals surface area contributed by atoms with E-state index in [2.05, 4.69) is 393 Å². The van der Waals surface area contributed by atoms with Crippen LogP contribution in [0.25, 0.3) is 0 Å². The second-order valence-electron chi connectivity index (χ2n) is 27.5. The summed E-state index contributed by atoms with van der Waals surface area (Å²) in [6.45, 7) is 4.37. The van der Waals surface area contributed by atoms with E-state index in [0.717, 1.165) is 34.0 Å². The minimum atomic E-state index is -2.98. The molecule has 0 N–H and O–H groups in total. The van der Waals surface area contributed by atoms with Gasteiger partial charge in [0.25, 0.3) is 6.71 Å². The van der Waals surface area contributed by atoms with E-state index in [1.54, 1.807) is 0 Å². The normalized spacial score (nSPS) is 14.8. The maximum atomic E-state index is 7.79. The summed E-state index contributed by atoms with van der Waals surface area (Å²) in [4.78, 5) is 10.1. The van der Waals surface area contributed by atoms with Crippen LogP contribution in [0.15, 0.2) is 374 Å². The van der Waals surface area contributed by atoms with Crippen LogP contribution in [0.4, 0.5) is 51.2 Å². The van der Waals surface area contributed by atoms with E-state index < -0.39 is 24.2 Å². The average molecular weight is 1360 g/mol. The van der Waals surface area contributed by atoms with Gasteiger partial charge < -0.3 is 19.4 Å². The van der Waals surface area contributed by atoms with Crippen molar-refractivity contribution >= 4 is 173 Å². The van der Waals surface area contributed by atoms with Gasteiger partial charge in [0, 0.05) is 67.4 Å². The SMILES string of the molecule is Cc1ccc2c(c1)[Si](c1ccccc1)(c1ccccc1)c1cc(C)ccc1N2c1cc2c3c(c1)Sc1cc(N4c5ccccc5[Si](c5ccccc5)(c5ccccc5)c5ccccc54)ccc1B3c1ccc(N3c4ccccc4[Si](c4ccccc4)(c4ccccc4)c4ccccc43)cc1O2. The summed E-state index contributed by atoms with van der Waals surface area (Å²) in [6, 6.07) is 139. The molecule has 0 saturated heterocycles. The first kappa shape index (κ1) is 59.6. The highest BCUT2D eigenvalue weighted by Gasteiger charge is 2.53. The molecule has 4 nitrogen and oxygen atoms in total. The minimum absolute atomic E-state index is 0.145. The van der Waals surface area contributed by atoms with E-state index in [9.17, 15) is 0 Å². The molecule has 476 valence electrons. The molecule has 5 aliphatic heterocycles. The molecule has 20 rings (SSSR count). The zero-order chi connectivity index (χ0) is 67.0. The fraction of sp³-hybridized carbons (Fsp3) is 0.0217. The lowest BCUT2D eigenvalue weighted by Gasteiger charge is -2.46. The van der Waals surface area contributed by atoms with Gasteiger partial charge in [-0.25, -0.2) is 0 Å². The number of fused-ring (bicyclic) bond motifs is 10. The van der Waals surface area contributed by atoms with E-state index >= 15 is 0 Å². The number of benzene rings is 15. The molecule has 0 bridgehead atoms. The van der Waals surface area contributed by atoms with Crippen LogP contribution in [0.1, 0.15) is 11.1 Å².